The van der Waals surface area contributed by atoms with Crippen molar-refractivity contribution in [3.8, 4) is 0 Å². The Hall–Kier alpha value is -1.97. The minimum atomic E-state index is -4.38. The second-order valence-electron chi connectivity index (χ2n) is 6.58. The molecule has 1 unspecified atom stereocenters. The predicted octanol–water partition coefficient (Wildman–Crippen LogP) is 3.35. The molecule has 0 bridgehead atoms. The monoisotopic (exact) mass is 396 g/mol. The summed E-state index contributed by atoms with van der Waals surface area (Å²) in [5, 5.41) is 3.12. The molecule has 1 fully saturated rings. The molecule has 1 saturated heterocycles. The fourth-order valence-corrected chi connectivity index (χ4v) is 3.02. The van der Waals surface area contributed by atoms with E-state index in [1.807, 2.05) is 0 Å². The van der Waals surface area contributed by atoms with Gasteiger partial charge in [-0.15, -0.1) is 0 Å². The molecule has 152 valence electrons. The van der Waals surface area contributed by atoms with Gasteiger partial charge in [0.15, 0.2) is 5.96 Å². The summed E-state index contributed by atoms with van der Waals surface area (Å²) in [7, 11) is 3.27. The summed E-state index contributed by atoms with van der Waals surface area (Å²) >= 11 is 0. The van der Waals surface area contributed by atoms with Crippen LogP contribution >= 0.6 is 0 Å². The average Bonchev–Trinajstić information content (AvgIpc) is 2.97. The van der Waals surface area contributed by atoms with E-state index in [1.54, 1.807) is 19.0 Å². The molecular formula is C17H22F6N4. The molecule has 1 aromatic rings. The van der Waals surface area contributed by atoms with Crippen LogP contribution in [0, 0.1) is 0 Å². The maximum atomic E-state index is 12.6. The van der Waals surface area contributed by atoms with E-state index in [9.17, 15) is 26.3 Å². The number of hydrogen-bond donors (Lipinski definition) is 1. The Balaban J connectivity index is 1.90. The first-order chi connectivity index (χ1) is 12.5. The number of rotatable bonds is 4. The third-order valence-electron chi connectivity index (χ3n) is 4.28. The summed E-state index contributed by atoms with van der Waals surface area (Å²) in [6.45, 7) is -0.0224. The van der Waals surface area contributed by atoms with E-state index in [0.717, 1.165) is 12.1 Å². The Labute approximate surface area is 153 Å². The predicted molar refractivity (Wildman–Crippen MR) is 90.3 cm³/mol. The van der Waals surface area contributed by atoms with Crippen LogP contribution in [0.5, 0.6) is 0 Å². The Kier molecular flexibility index (Phi) is 6.61. The maximum Gasteiger partial charge on any atom is 0.416 e. The number of nitrogens with one attached hydrogen (secondary N) is 1. The Bertz CT molecular complexity index is 638. The lowest BCUT2D eigenvalue weighted by atomic mass is 10.1. The van der Waals surface area contributed by atoms with Crippen molar-refractivity contribution in [2.45, 2.75) is 31.4 Å². The van der Waals surface area contributed by atoms with Gasteiger partial charge in [0, 0.05) is 39.8 Å². The highest BCUT2D eigenvalue weighted by atomic mass is 19.4. The fraction of sp³-hybridized carbons (Fsp3) is 0.588. The number of aliphatic imine (C=N–C) groups is 1. The summed E-state index contributed by atoms with van der Waals surface area (Å²) in [5.74, 6) is 0.480. The third kappa shape index (κ3) is 6.60. The van der Waals surface area contributed by atoms with Gasteiger partial charge in [-0.2, -0.15) is 26.3 Å². The fourth-order valence-electron chi connectivity index (χ4n) is 3.02. The molecule has 4 nitrogen and oxygen atoms in total. The van der Waals surface area contributed by atoms with Crippen LogP contribution < -0.4 is 5.32 Å². The third-order valence-corrected chi connectivity index (χ3v) is 4.28. The molecule has 10 heteroatoms. The molecule has 0 saturated carbocycles. The van der Waals surface area contributed by atoms with Gasteiger partial charge in [-0.05, 0) is 24.1 Å². The molecule has 2 rings (SSSR count). The molecule has 1 aromatic carbocycles. The van der Waals surface area contributed by atoms with E-state index in [1.165, 1.54) is 17.0 Å². The lowest BCUT2D eigenvalue weighted by molar-refractivity contribution is -0.143. The number of nitrogens with zero attached hydrogens (tertiary/aromatic N) is 3. The molecule has 0 amide bonds. The molecule has 0 radical (unpaired) electrons. The average molecular weight is 396 g/mol. The van der Waals surface area contributed by atoms with Crippen LogP contribution in [-0.4, -0.2) is 61.7 Å². The quantitative estimate of drug-likeness (QED) is 0.481. The highest BCUT2D eigenvalue weighted by molar-refractivity contribution is 5.80. The maximum absolute atomic E-state index is 12.6. The molecule has 0 aromatic heterocycles. The number of likely N-dealkylation sites (tertiary alicyclic amines) is 1. The molecule has 1 N–H and O–H groups in total. The van der Waals surface area contributed by atoms with Gasteiger partial charge in [0.05, 0.1) is 12.1 Å². The van der Waals surface area contributed by atoms with Crippen LogP contribution in [0.3, 0.4) is 0 Å². The van der Waals surface area contributed by atoms with Gasteiger partial charge in [0.1, 0.15) is 0 Å². The van der Waals surface area contributed by atoms with Crippen molar-refractivity contribution in [1.29, 1.82) is 0 Å². The van der Waals surface area contributed by atoms with E-state index >= 15 is 0 Å². The van der Waals surface area contributed by atoms with Crippen molar-refractivity contribution < 1.29 is 26.3 Å². The van der Waals surface area contributed by atoms with Gasteiger partial charge in [-0.3, -0.25) is 9.89 Å². The SMILES string of the molecule is CN=C(NC1CCN(CC(F)(F)F)C1)N(C)Cc1ccc(C(F)(F)F)cc1. The van der Waals surface area contributed by atoms with Gasteiger partial charge in [0.25, 0.3) is 0 Å². The molecule has 1 aliphatic heterocycles. The van der Waals surface area contributed by atoms with Crippen molar-refractivity contribution in [2.75, 3.05) is 33.7 Å². The topological polar surface area (TPSA) is 30.9 Å². The van der Waals surface area contributed by atoms with Crippen LogP contribution in [-0.2, 0) is 12.7 Å². The van der Waals surface area contributed by atoms with Crippen molar-refractivity contribution in [2.24, 2.45) is 4.99 Å². The van der Waals surface area contributed by atoms with Crippen molar-refractivity contribution in [3.63, 3.8) is 0 Å². The number of halogens is 6. The van der Waals surface area contributed by atoms with Gasteiger partial charge >= 0.3 is 12.4 Å². The van der Waals surface area contributed by atoms with Crippen LogP contribution in [0.15, 0.2) is 29.3 Å². The standard InChI is InChI=1S/C17H22F6N4/c1-24-15(25-14-7-8-27(10-14)11-16(18,19)20)26(2)9-12-3-5-13(6-4-12)17(21,22)23/h3-6,14H,7-11H2,1-2H3,(H,24,25). The first-order valence-corrected chi connectivity index (χ1v) is 8.37. The van der Waals surface area contributed by atoms with Gasteiger partial charge in [-0.25, -0.2) is 0 Å². The normalized spacial score (nSPS) is 19.4. The van der Waals surface area contributed by atoms with E-state index in [2.05, 4.69) is 10.3 Å². The van der Waals surface area contributed by atoms with E-state index < -0.39 is 24.5 Å². The zero-order chi connectivity index (χ0) is 20.2. The second kappa shape index (κ2) is 8.37. The summed E-state index contributed by atoms with van der Waals surface area (Å²) in [6, 6.07) is 4.66. The number of hydrogen-bond acceptors (Lipinski definition) is 2. The lowest BCUT2D eigenvalue weighted by Gasteiger charge is -2.25. The molecule has 1 atom stereocenters. The lowest BCUT2D eigenvalue weighted by Crippen LogP contribution is -2.45. The first kappa shape index (κ1) is 21.3. The second-order valence-corrected chi connectivity index (χ2v) is 6.58. The van der Waals surface area contributed by atoms with Crippen molar-refractivity contribution in [3.05, 3.63) is 35.4 Å². The summed E-state index contributed by atoms with van der Waals surface area (Å²) in [4.78, 5) is 7.17. The summed E-state index contributed by atoms with van der Waals surface area (Å²) in [5.41, 5.74) is -0.0503. The zero-order valence-electron chi connectivity index (χ0n) is 15.0. The van der Waals surface area contributed by atoms with E-state index in [-0.39, 0.29) is 12.6 Å². The Morgan fingerprint density at radius 2 is 1.81 bits per heavy atom. The van der Waals surface area contributed by atoms with Gasteiger partial charge in [0.2, 0.25) is 0 Å². The van der Waals surface area contributed by atoms with Gasteiger partial charge < -0.3 is 10.2 Å². The smallest absolute Gasteiger partial charge is 0.352 e. The van der Waals surface area contributed by atoms with Crippen LogP contribution in [0.2, 0.25) is 0 Å². The van der Waals surface area contributed by atoms with Crippen LogP contribution in [0.1, 0.15) is 17.5 Å². The largest absolute Gasteiger partial charge is 0.416 e. The first-order valence-electron chi connectivity index (χ1n) is 8.37. The highest BCUT2D eigenvalue weighted by Gasteiger charge is 2.34. The Morgan fingerprint density at radius 1 is 1.19 bits per heavy atom. The molecule has 1 heterocycles. The minimum Gasteiger partial charge on any atom is -0.352 e. The Morgan fingerprint density at radius 3 is 2.33 bits per heavy atom. The van der Waals surface area contributed by atoms with Crippen molar-refractivity contribution in [1.82, 2.24) is 15.1 Å². The van der Waals surface area contributed by atoms with E-state index in [4.69, 9.17) is 0 Å². The number of benzene rings is 1. The highest BCUT2D eigenvalue weighted by Crippen LogP contribution is 2.29. The van der Waals surface area contributed by atoms with E-state index in [0.29, 0.717) is 31.0 Å². The van der Waals surface area contributed by atoms with Crippen LogP contribution in [0.4, 0.5) is 26.3 Å². The molecular weight excluding hydrogens is 374 g/mol. The van der Waals surface area contributed by atoms with Crippen LogP contribution in [0.25, 0.3) is 0 Å². The number of guanidine groups is 1. The molecule has 0 spiro atoms. The molecule has 0 aliphatic carbocycles. The zero-order valence-corrected chi connectivity index (χ0v) is 15.0. The minimum absolute atomic E-state index is 0.166. The summed E-state index contributed by atoms with van der Waals surface area (Å²) in [6.07, 6.45) is -8.05. The molecule has 27 heavy (non-hydrogen) atoms. The molecule has 1 aliphatic rings. The number of alkyl halides is 6. The summed E-state index contributed by atoms with van der Waals surface area (Å²) < 4.78 is 75.3. The van der Waals surface area contributed by atoms with Crippen molar-refractivity contribution >= 4 is 5.96 Å². The van der Waals surface area contributed by atoms with Gasteiger partial charge in [-0.1, -0.05) is 12.1 Å².